The molecule has 6 atom stereocenters. The molecule has 6 rings (SSSR count). The van der Waals surface area contributed by atoms with Gasteiger partial charge in [-0.25, -0.2) is 4.79 Å². The van der Waals surface area contributed by atoms with Crippen LogP contribution in [-0.4, -0.2) is 64.8 Å². The van der Waals surface area contributed by atoms with E-state index < -0.39 is 16.1 Å². The zero-order chi connectivity index (χ0) is 30.4. The molecule has 4 aliphatic rings. The molecule has 3 aliphatic carbocycles. The molecule has 10 heteroatoms. The van der Waals surface area contributed by atoms with E-state index in [9.17, 15) is 18.3 Å². The molecule has 1 heterocycles. The Balaban J connectivity index is 1.28. The van der Waals surface area contributed by atoms with Crippen LogP contribution in [0.1, 0.15) is 72.9 Å². The average molecular weight is 632 g/mol. The molecule has 2 aromatic rings. The predicted molar refractivity (Wildman–Crippen MR) is 166 cm³/mol. The highest BCUT2D eigenvalue weighted by Gasteiger charge is 2.46. The summed E-state index contributed by atoms with van der Waals surface area (Å²) < 4.78 is 41.7. The van der Waals surface area contributed by atoms with Gasteiger partial charge in [0.1, 0.15) is 5.75 Å². The number of methoxy groups -OCH3 is 1. The van der Waals surface area contributed by atoms with Crippen molar-refractivity contribution < 1.29 is 32.0 Å². The number of halogens is 1. The zero-order valence-corrected chi connectivity index (χ0v) is 26.5. The van der Waals surface area contributed by atoms with Gasteiger partial charge in [-0.2, -0.15) is 8.42 Å². The van der Waals surface area contributed by atoms with Gasteiger partial charge >= 0.3 is 5.97 Å². The van der Waals surface area contributed by atoms with Crippen LogP contribution < -0.4 is 9.64 Å². The van der Waals surface area contributed by atoms with Crippen molar-refractivity contribution >= 4 is 33.4 Å². The highest BCUT2D eigenvalue weighted by Crippen LogP contribution is 2.48. The summed E-state index contributed by atoms with van der Waals surface area (Å²) in [7, 11) is -1.74. The van der Waals surface area contributed by atoms with Crippen LogP contribution in [0, 0.1) is 17.8 Å². The normalized spacial score (nSPS) is 29.5. The van der Waals surface area contributed by atoms with E-state index in [1.807, 2.05) is 6.07 Å². The number of hydrogen-bond acceptors (Lipinski definition) is 7. The molecule has 2 saturated carbocycles. The van der Waals surface area contributed by atoms with E-state index in [1.54, 1.807) is 25.3 Å². The van der Waals surface area contributed by atoms with Crippen molar-refractivity contribution in [1.82, 2.24) is 0 Å². The van der Waals surface area contributed by atoms with Crippen molar-refractivity contribution in [1.29, 1.82) is 0 Å². The monoisotopic (exact) mass is 631 g/mol. The molecule has 0 radical (unpaired) electrons. The number of benzene rings is 2. The van der Waals surface area contributed by atoms with E-state index in [0.717, 1.165) is 87.2 Å². The first-order chi connectivity index (χ1) is 20.5. The van der Waals surface area contributed by atoms with Crippen LogP contribution in [0.5, 0.6) is 5.75 Å². The second-order valence-corrected chi connectivity index (χ2v) is 15.2. The maximum Gasteiger partial charge on any atom is 0.335 e. The fourth-order valence-electron chi connectivity index (χ4n) is 8.32. The van der Waals surface area contributed by atoms with E-state index in [1.165, 1.54) is 11.1 Å². The van der Waals surface area contributed by atoms with Crippen molar-refractivity contribution in [2.45, 2.75) is 75.4 Å². The van der Waals surface area contributed by atoms with Gasteiger partial charge in [-0.15, -0.1) is 0 Å². The lowest BCUT2D eigenvalue weighted by Crippen LogP contribution is -2.51. The maximum atomic E-state index is 12.0. The third-order valence-electron chi connectivity index (χ3n) is 10.4. The molecular formula is C33H42ClNO7S. The van der Waals surface area contributed by atoms with E-state index in [-0.39, 0.29) is 29.1 Å². The van der Waals surface area contributed by atoms with Crippen molar-refractivity contribution in [3.05, 3.63) is 58.1 Å². The number of hydrogen-bond donors (Lipinski definition) is 1. The summed E-state index contributed by atoms with van der Waals surface area (Å²) in [5.41, 5.74) is 3.39. The Kier molecular flexibility index (Phi) is 8.72. The molecule has 0 saturated heterocycles. The third kappa shape index (κ3) is 6.42. The van der Waals surface area contributed by atoms with Gasteiger partial charge in [0.25, 0.3) is 10.1 Å². The summed E-state index contributed by atoms with van der Waals surface area (Å²) in [6.07, 6.45) is 9.31. The summed E-state index contributed by atoms with van der Waals surface area (Å²) in [5, 5.41) is 10.6. The standard InChI is InChI=1S/C33H42ClNO7S/c1-40-31(22-5-3-7-26(16-22)42-43(2,38)39)27-11-8-24(27)18-35-19-33(14-4-6-21-15-25(34)10-12-28(21)33)20-41-30-13-9-23(32(36)37)17-29(30)35/h9-10,12-13,15,17,22,24,26-27,31H,3-8,11,14,16,18-20H2,1-2H3,(H,36,37)/t22-,24-,26+,27+,31+,33?/m0/s1. The van der Waals surface area contributed by atoms with Crippen LogP contribution in [0.15, 0.2) is 36.4 Å². The second kappa shape index (κ2) is 12.2. The molecule has 234 valence electrons. The molecule has 1 unspecified atom stereocenters. The van der Waals surface area contributed by atoms with Crippen molar-refractivity contribution in [2.75, 3.05) is 38.0 Å². The summed E-state index contributed by atoms with van der Waals surface area (Å²) in [4.78, 5) is 14.4. The Morgan fingerprint density at radius 2 is 2.00 bits per heavy atom. The number of aryl methyl sites for hydroxylation is 1. The third-order valence-corrected chi connectivity index (χ3v) is 11.2. The topological polar surface area (TPSA) is 102 Å². The van der Waals surface area contributed by atoms with Crippen molar-refractivity contribution in [3.63, 3.8) is 0 Å². The Hall–Kier alpha value is -2.33. The van der Waals surface area contributed by atoms with Gasteiger partial charge in [0.2, 0.25) is 0 Å². The summed E-state index contributed by atoms with van der Waals surface area (Å²) >= 11 is 6.40. The number of anilines is 1. The Morgan fingerprint density at radius 3 is 2.72 bits per heavy atom. The van der Waals surface area contributed by atoms with Crippen LogP contribution in [-0.2, 0) is 30.9 Å². The van der Waals surface area contributed by atoms with Gasteiger partial charge < -0.3 is 19.5 Å². The van der Waals surface area contributed by atoms with Crippen molar-refractivity contribution in [2.24, 2.45) is 17.8 Å². The molecule has 0 bridgehead atoms. The lowest BCUT2D eigenvalue weighted by atomic mass is 9.65. The van der Waals surface area contributed by atoms with E-state index in [0.29, 0.717) is 24.9 Å². The molecule has 43 heavy (non-hydrogen) atoms. The van der Waals surface area contributed by atoms with Crippen molar-refractivity contribution in [3.8, 4) is 5.75 Å². The SMILES string of the molecule is CO[C@H]([C@H]1CCC[C@@H](OS(C)(=O)=O)C1)[C@@H]1CC[C@H]1CN1CC2(CCCc3cc(Cl)ccc32)COc2ccc(C(=O)O)cc21. The molecule has 2 aromatic carbocycles. The Labute approximate surface area is 259 Å². The molecule has 0 amide bonds. The quantitative estimate of drug-likeness (QED) is 0.350. The number of rotatable bonds is 8. The maximum absolute atomic E-state index is 12.0. The van der Waals surface area contributed by atoms with Crippen LogP contribution >= 0.6 is 11.6 Å². The zero-order valence-electron chi connectivity index (χ0n) is 25.0. The second-order valence-electron chi connectivity index (χ2n) is 13.1. The van der Waals surface area contributed by atoms with Crippen LogP contribution in [0.25, 0.3) is 0 Å². The van der Waals surface area contributed by atoms with E-state index in [4.69, 9.17) is 25.3 Å². The van der Waals surface area contributed by atoms with Gasteiger partial charge in [0.05, 0.1) is 36.3 Å². The smallest absolute Gasteiger partial charge is 0.335 e. The number of carbonyl (C=O) groups is 1. The van der Waals surface area contributed by atoms with Gasteiger partial charge in [-0.1, -0.05) is 24.1 Å². The average Bonchev–Trinajstić information content (AvgIpc) is 3.10. The largest absolute Gasteiger partial charge is 0.490 e. The number of nitrogens with zero attached hydrogens (tertiary/aromatic N) is 1. The van der Waals surface area contributed by atoms with Gasteiger partial charge in [-0.05, 0) is 111 Å². The lowest BCUT2D eigenvalue weighted by Gasteiger charge is -2.48. The minimum atomic E-state index is -3.51. The fourth-order valence-corrected chi connectivity index (χ4v) is 9.18. The minimum absolute atomic E-state index is 0.0178. The molecule has 1 spiro atoms. The number of fused-ring (bicyclic) bond motifs is 3. The summed E-state index contributed by atoms with van der Waals surface area (Å²) in [6, 6.07) is 11.4. The highest BCUT2D eigenvalue weighted by atomic mass is 35.5. The highest BCUT2D eigenvalue weighted by molar-refractivity contribution is 7.86. The Bertz CT molecular complexity index is 1470. The lowest BCUT2D eigenvalue weighted by molar-refractivity contribution is -0.0693. The molecule has 1 aliphatic heterocycles. The number of ether oxygens (including phenoxy) is 2. The number of carboxylic acid groups (broad SMARTS) is 1. The number of aromatic carboxylic acids is 1. The Morgan fingerprint density at radius 1 is 1.16 bits per heavy atom. The van der Waals surface area contributed by atoms with E-state index >= 15 is 0 Å². The van der Waals surface area contributed by atoms with Crippen LogP contribution in [0.2, 0.25) is 5.02 Å². The minimum Gasteiger partial charge on any atom is -0.490 e. The van der Waals surface area contributed by atoms with Gasteiger partial charge in [0.15, 0.2) is 0 Å². The van der Waals surface area contributed by atoms with Gasteiger partial charge in [0, 0.05) is 30.6 Å². The molecule has 0 aromatic heterocycles. The first kappa shape index (κ1) is 30.7. The van der Waals surface area contributed by atoms with Gasteiger partial charge in [-0.3, -0.25) is 4.18 Å². The molecule has 8 nitrogen and oxygen atoms in total. The first-order valence-corrected chi connectivity index (χ1v) is 17.7. The molecular weight excluding hydrogens is 590 g/mol. The predicted octanol–water partition coefficient (Wildman–Crippen LogP) is 6.09. The molecule has 2 fully saturated rings. The van der Waals surface area contributed by atoms with Crippen LogP contribution in [0.3, 0.4) is 0 Å². The number of carboxylic acids is 1. The summed E-state index contributed by atoms with van der Waals surface area (Å²) in [6.45, 7) is 2.02. The fraction of sp³-hybridized carbons (Fsp3) is 0.606. The molecule has 1 N–H and O–H groups in total. The van der Waals surface area contributed by atoms with Crippen LogP contribution in [0.4, 0.5) is 5.69 Å². The van der Waals surface area contributed by atoms with E-state index in [2.05, 4.69) is 17.0 Å². The first-order valence-electron chi connectivity index (χ1n) is 15.5. The summed E-state index contributed by atoms with van der Waals surface area (Å²) in [5.74, 6) is 0.679.